The van der Waals surface area contributed by atoms with E-state index < -0.39 is 51.8 Å². The van der Waals surface area contributed by atoms with Crippen molar-refractivity contribution in [2.45, 2.75) is 193 Å². The predicted octanol–water partition coefficient (Wildman–Crippen LogP) is 10.2. The second-order valence-electron chi connectivity index (χ2n) is 13.7. The Balaban J connectivity index is 4.34. The minimum atomic E-state index is -4.61. The van der Waals surface area contributed by atoms with Crippen molar-refractivity contribution >= 4 is 19.8 Å². The molecule has 0 saturated carbocycles. The van der Waals surface area contributed by atoms with Gasteiger partial charge in [0.15, 0.2) is 6.10 Å². The molecule has 1 unspecified atom stereocenters. The average molecular weight is 747 g/mol. The van der Waals surface area contributed by atoms with Crippen LogP contribution in [0.25, 0.3) is 0 Å². The molecule has 10 nitrogen and oxygen atoms in total. The van der Waals surface area contributed by atoms with Gasteiger partial charge in [0.25, 0.3) is 0 Å². The van der Waals surface area contributed by atoms with Crippen molar-refractivity contribution in [3.8, 4) is 0 Å². The van der Waals surface area contributed by atoms with E-state index in [1.807, 2.05) is 0 Å². The fourth-order valence-electron chi connectivity index (χ4n) is 5.43. The molecule has 0 aromatic rings. The Labute approximate surface area is 310 Å². The van der Waals surface area contributed by atoms with E-state index in [2.05, 4.69) is 42.7 Å². The molecule has 0 spiro atoms. The Bertz CT molecular complexity index is 910. The summed E-state index contributed by atoms with van der Waals surface area (Å²) in [6, 6.07) is 0. The Hall–Kier alpha value is -1.55. The van der Waals surface area contributed by atoms with Gasteiger partial charge in [-0.15, -0.1) is 0 Å². The minimum Gasteiger partial charge on any atom is -0.462 e. The first-order chi connectivity index (χ1) is 24.7. The number of phosphoric ester groups is 1. The summed E-state index contributed by atoms with van der Waals surface area (Å²) in [5, 5.41) is 18.3. The summed E-state index contributed by atoms with van der Waals surface area (Å²) in [7, 11) is -4.61. The monoisotopic (exact) mass is 747 g/mol. The highest BCUT2D eigenvalue weighted by atomic mass is 31.2. The lowest BCUT2D eigenvalue weighted by Gasteiger charge is -2.20. The number of phosphoric acid groups is 1. The molecule has 0 aliphatic rings. The smallest absolute Gasteiger partial charge is 0.462 e. The van der Waals surface area contributed by atoms with Gasteiger partial charge >= 0.3 is 19.8 Å². The number of ether oxygens (including phenoxy) is 2. The van der Waals surface area contributed by atoms with Gasteiger partial charge in [-0.25, -0.2) is 4.57 Å². The van der Waals surface area contributed by atoms with Crippen molar-refractivity contribution in [3.05, 3.63) is 24.3 Å². The molecule has 3 N–H and O–H groups in total. The van der Waals surface area contributed by atoms with E-state index in [1.54, 1.807) is 0 Å². The average Bonchev–Trinajstić information content (AvgIpc) is 3.12. The van der Waals surface area contributed by atoms with Crippen molar-refractivity contribution in [1.82, 2.24) is 0 Å². The number of unbranched alkanes of at least 4 members (excludes halogenated alkanes) is 20. The predicted molar refractivity (Wildman–Crippen MR) is 205 cm³/mol. The van der Waals surface area contributed by atoms with Crippen molar-refractivity contribution in [1.29, 1.82) is 0 Å². The normalized spacial score (nSPS) is 14.2. The fraction of sp³-hybridized carbons (Fsp3) is 0.850. The summed E-state index contributed by atoms with van der Waals surface area (Å²) < 4.78 is 32.6. The van der Waals surface area contributed by atoms with Gasteiger partial charge in [-0.2, -0.15) is 0 Å². The Morgan fingerprint density at radius 2 is 1.02 bits per heavy atom. The van der Waals surface area contributed by atoms with Gasteiger partial charge in [0.2, 0.25) is 0 Å². The SMILES string of the molecule is CCCCC/C=C\C/C=C\CCCCCCCC(=O)OC[C@H](COP(=O)(O)OC[C@@H](O)CO)OC(=O)CCCCCCCCCCCCCCC. The number of aliphatic hydroxyl groups is 2. The topological polar surface area (TPSA) is 149 Å². The van der Waals surface area contributed by atoms with Gasteiger partial charge in [-0.1, -0.05) is 147 Å². The molecule has 0 fully saturated rings. The third-order valence-electron chi connectivity index (χ3n) is 8.61. The van der Waals surface area contributed by atoms with Gasteiger partial charge < -0.3 is 24.6 Å². The van der Waals surface area contributed by atoms with E-state index in [0.717, 1.165) is 57.8 Å². The van der Waals surface area contributed by atoms with E-state index in [1.165, 1.54) is 83.5 Å². The number of hydrogen-bond acceptors (Lipinski definition) is 9. The molecule has 0 aliphatic carbocycles. The molecule has 0 aromatic carbocycles. The first-order valence-electron chi connectivity index (χ1n) is 20.3. The van der Waals surface area contributed by atoms with Gasteiger partial charge in [-0.3, -0.25) is 18.6 Å². The van der Waals surface area contributed by atoms with Crippen molar-refractivity contribution in [2.24, 2.45) is 0 Å². The van der Waals surface area contributed by atoms with Crippen LogP contribution < -0.4 is 0 Å². The highest BCUT2D eigenvalue weighted by Gasteiger charge is 2.27. The first kappa shape index (κ1) is 49.5. The van der Waals surface area contributed by atoms with Crippen LogP contribution in [0.1, 0.15) is 181 Å². The molecule has 0 bridgehead atoms. The van der Waals surface area contributed by atoms with Crippen LogP contribution in [0.4, 0.5) is 0 Å². The summed E-state index contributed by atoms with van der Waals surface area (Å²) in [6.45, 7) is 2.34. The number of esters is 2. The van der Waals surface area contributed by atoms with Crippen LogP contribution in [-0.2, 0) is 32.7 Å². The van der Waals surface area contributed by atoms with Gasteiger partial charge in [0, 0.05) is 12.8 Å². The van der Waals surface area contributed by atoms with Crippen LogP contribution in [0.5, 0.6) is 0 Å². The standard InChI is InChI=1S/C40H75O10P/c1-3-5-7-9-11-13-15-17-18-20-21-23-25-27-29-31-39(43)47-35-38(36-49-51(45,46)48-34-37(42)33-41)50-40(44)32-30-28-26-24-22-19-16-14-12-10-8-6-4-2/h11,13,17-18,37-38,41-42H,3-10,12,14-16,19-36H2,1-2H3,(H,45,46)/b13-11-,18-17-/t37-,38+/m0/s1. The third kappa shape index (κ3) is 36.6. The lowest BCUT2D eigenvalue weighted by atomic mass is 10.0. The van der Waals surface area contributed by atoms with Gasteiger partial charge in [0.05, 0.1) is 19.8 Å². The fourth-order valence-corrected chi connectivity index (χ4v) is 6.22. The molecule has 0 aliphatic heterocycles. The molecule has 3 atom stereocenters. The molecule has 0 rings (SSSR count). The zero-order chi connectivity index (χ0) is 37.7. The lowest BCUT2D eigenvalue weighted by Crippen LogP contribution is -2.29. The van der Waals surface area contributed by atoms with E-state index in [0.29, 0.717) is 12.8 Å². The Kier molecular flexibility index (Phi) is 35.7. The van der Waals surface area contributed by atoms with Crippen LogP contribution >= 0.6 is 7.82 Å². The number of carbonyl (C=O) groups is 2. The maximum absolute atomic E-state index is 12.6. The minimum absolute atomic E-state index is 0.185. The number of aliphatic hydroxyl groups excluding tert-OH is 2. The molecule has 0 saturated heterocycles. The molecule has 300 valence electrons. The molecule has 11 heteroatoms. The van der Waals surface area contributed by atoms with E-state index >= 15 is 0 Å². The van der Waals surface area contributed by atoms with E-state index in [4.69, 9.17) is 19.1 Å². The summed E-state index contributed by atoms with van der Waals surface area (Å²) >= 11 is 0. The lowest BCUT2D eigenvalue weighted by molar-refractivity contribution is -0.161. The Morgan fingerprint density at radius 1 is 0.588 bits per heavy atom. The largest absolute Gasteiger partial charge is 0.472 e. The first-order valence-corrected chi connectivity index (χ1v) is 21.8. The van der Waals surface area contributed by atoms with Crippen LogP contribution in [0.3, 0.4) is 0 Å². The van der Waals surface area contributed by atoms with Gasteiger partial charge in [-0.05, 0) is 44.9 Å². The highest BCUT2D eigenvalue weighted by molar-refractivity contribution is 7.47. The summed E-state index contributed by atoms with van der Waals surface area (Å²) in [4.78, 5) is 34.9. The molecule has 0 amide bonds. The molecule has 0 heterocycles. The van der Waals surface area contributed by atoms with E-state index in [9.17, 15) is 24.2 Å². The number of rotatable bonds is 38. The maximum atomic E-state index is 12.6. The van der Waals surface area contributed by atoms with Gasteiger partial charge in [0.1, 0.15) is 12.7 Å². The number of carbonyl (C=O) groups excluding carboxylic acids is 2. The van der Waals surface area contributed by atoms with Crippen LogP contribution in [0.2, 0.25) is 0 Å². The van der Waals surface area contributed by atoms with Crippen LogP contribution in [-0.4, -0.2) is 65.7 Å². The summed E-state index contributed by atoms with van der Waals surface area (Å²) in [5.74, 6) is -0.937. The zero-order valence-corrected chi connectivity index (χ0v) is 33.2. The Morgan fingerprint density at radius 3 is 1.55 bits per heavy atom. The molecular formula is C40H75O10P. The molecule has 0 radical (unpaired) electrons. The highest BCUT2D eigenvalue weighted by Crippen LogP contribution is 2.43. The van der Waals surface area contributed by atoms with Crippen molar-refractivity contribution < 1.29 is 47.8 Å². The third-order valence-corrected chi connectivity index (χ3v) is 9.56. The number of allylic oxidation sites excluding steroid dienone is 4. The molecule has 0 aromatic heterocycles. The summed E-state index contributed by atoms with van der Waals surface area (Å²) in [5.41, 5.74) is 0. The molecule has 51 heavy (non-hydrogen) atoms. The van der Waals surface area contributed by atoms with Crippen molar-refractivity contribution in [3.63, 3.8) is 0 Å². The zero-order valence-electron chi connectivity index (χ0n) is 32.3. The quantitative estimate of drug-likeness (QED) is 0.0241. The van der Waals surface area contributed by atoms with Crippen LogP contribution in [0.15, 0.2) is 24.3 Å². The second kappa shape index (κ2) is 36.8. The van der Waals surface area contributed by atoms with Crippen molar-refractivity contribution in [2.75, 3.05) is 26.4 Å². The van der Waals surface area contributed by atoms with Crippen LogP contribution in [0, 0.1) is 0 Å². The maximum Gasteiger partial charge on any atom is 0.472 e. The number of hydrogen-bond donors (Lipinski definition) is 3. The summed E-state index contributed by atoms with van der Waals surface area (Å²) in [6.07, 6.45) is 34.2. The van der Waals surface area contributed by atoms with E-state index in [-0.39, 0.29) is 19.4 Å². The second-order valence-corrected chi connectivity index (χ2v) is 15.1. The molecular weight excluding hydrogens is 671 g/mol.